The molecule has 0 spiro atoms. The van der Waals surface area contributed by atoms with Crippen LogP contribution in [0.5, 0.6) is 0 Å². The van der Waals surface area contributed by atoms with Crippen LogP contribution in [-0.4, -0.2) is 24.0 Å². The van der Waals surface area contributed by atoms with Crippen LogP contribution in [0, 0.1) is 0 Å². The van der Waals surface area contributed by atoms with Crippen molar-refractivity contribution in [1.82, 2.24) is 5.32 Å². The molecule has 5 heteroatoms. The molecule has 0 radical (unpaired) electrons. The number of methoxy groups -OCH3 is 1. The molecule has 0 aliphatic carbocycles. The first kappa shape index (κ1) is 6.60. The summed E-state index contributed by atoms with van der Waals surface area (Å²) >= 11 is 0. The van der Waals surface area contributed by atoms with Gasteiger partial charge in [-0.1, -0.05) is 0 Å². The van der Waals surface area contributed by atoms with Crippen molar-refractivity contribution in [3.63, 3.8) is 0 Å². The van der Waals surface area contributed by atoms with Crippen LogP contribution in [0.1, 0.15) is 0 Å². The fraction of sp³-hybridized carbons (Fsp3) is 0.200. The van der Waals surface area contributed by atoms with Gasteiger partial charge >= 0.3 is 0 Å². The molecular formula is C5H5NO4. The summed E-state index contributed by atoms with van der Waals surface area (Å²) in [6, 6.07) is 0. The van der Waals surface area contributed by atoms with E-state index < -0.39 is 17.6 Å². The molecule has 0 atom stereocenters. The lowest BCUT2D eigenvalue weighted by Gasteiger charge is -1.93. The molecule has 1 rings (SSSR count). The van der Waals surface area contributed by atoms with Crippen molar-refractivity contribution in [2.75, 3.05) is 7.11 Å². The van der Waals surface area contributed by atoms with E-state index in [1.165, 1.54) is 7.11 Å². The lowest BCUT2D eigenvalue weighted by Crippen LogP contribution is -2.23. The molecule has 2 N–H and O–H groups in total. The predicted molar refractivity (Wildman–Crippen MR) is 29.8 cm³/mol. The van der Waals surface area contributed by atoms with Crippen molar-refractivity contribution in [3.05, 3.63) is 11.5 Å². The summed E-state index contributed by atoms with van der Waals surface area (Å²) in [7, 11) is 1.20. The number of ether oxygens (including phenoxy) is 1. The van der Waals surface area contributed by atoms with E-state index in [4.69, 9.17) is 5.11 Å². The fourth-order valence-corrected chi connectivity index (χ4v) is 0.619. The van der Waals surface area contributed by atoms with E-state index in [0.717, 1.165) is 0 Å². The fourth-order valence-electron chi connectivity index (χ4n) is 0.619. The van der Waals surface area contributed by atoms with Gasteiger partial charge in [-0.2, -0.15) is 0 Å². The van der Waals surface area contributed by atoms with Crippen LogP contribution < -0.4 is 5.32 Å². The third-order valence-corrected chi connectivity index (χ3v) is 1.07. The van der Waals surface area contributed by atoms with Crippen LogP contribution in [0.4, 0.5) is 0 Å². The van der Waals surface area contributed by atoms with Crippen molar-refractivity contribution in [2.24, 2.45) is 0 Å². The molecule has 0 saturated carbocycles. The van der Waals surface area contributed by atoms with Gasteiger partial charge in [0.25, 0.3) is 11.8 Å². The van der Waals surface area contributed by atoms with Gasteiger partial charge in [-0.05, 0) is 0 Å². The molecule has 0 fully saturated rings. The van der Waals surface area contributed by atoms with Gasteiger partial charge in [0, 0.05) is 0 Å². The molecule has 0 saturated heterocycles. The molecule has 0 bridgehead atoms. The maximum atomic E-state index is 10.6. The van der Waals surface area contributed by atoms with Gasteiger partial charge in [0.15, 0.2) is 0 Å². The van der Waals surface area contributed by atoms with Crippen molar-refractivity contribution >= 4 is 11.8 Å². The van der Waals surface area contributed by atoms with E-state index in [2.05, 4.69) is 4.74 Å². The van der Waals surface area contributed by atoms with Crippen molar-refractivity contribution < 1.29 is 19.4 Å². The molecule has 1 aliphatic rings. The lowest BCUT2D eigenvalue weighted by atomic mass is 10.4. The van der Waals surface area contributed by atoms with Crippen LogP contribution in [-0.2, 0) is 14.3 Å². The van der Waals surface area contributed by atoms with Gasteiger partial charge < -0.3 is 9.84 Å². The zero-order valence-electron chi connectivity index (χ0n) is 5.17. The number of aliphatic hydroxyl groups excluding tert-OH is 1. The molecule has 10 heavy (non-hydrogen) atoms. The Balaban J connectivity index is 3.01. The Hall–Kier alpha value is -1.52. The van der Waals surface area contributed by atoms with E-state index in [9.17, 15) is 9.59 Å². The standard InChI is InChI=1S/C5H5NO4/c1-10-3-2(7)4(8)6-5(3)9/h1H3,(H2,6,7,8,9). The average molecular weight is 143 g/mol. The quantitative estimate of drug-likeness (QED) is 0.464. The molecule has 1 aliphatic heterocycles. The van der Waals surface area contributed by atoms with Crippen LogP contribution >= 0.6 is 0 Å². The predicted octanol–water partition coefficient (Wildman–Crippen LogP) is -0.941. The highest BCUT2D eigenvalue weighted by molar-refractivity contribution is 6.17. The van der Waals surface area contributed by atoms with Crippen LogP contribution in [0.3, 0.4) is 0 Å². The number of carbonyl (C=O) groups is 2. The van der Waals surface area contributed by atoms with Gasteiger partial charge in [-0.15, -0.1) is 0 Å². The van der Waals surface area contributed by atoms with Crippen molar-refractivity contribution in [3.8, 4) is 0 Å². The van der Waals surface area contributed by atoms with Gasteiger partial charge in [0.1, 0.15) is 0 Å². The number of aliphatic hydroxyl groups is 1. The summed E-state index contributed by atoms with van der Waals surface area (Å²) in [5, 5.41) is 10.6. The molecular weight excluding hydrogens is 138 g/mol. The van der Waals surface area contributed by atoms with E-state index in [-0.39, 0.29) is 5.76 Å². The van der Waals surface area contributed by atoms with Crippen LogP contribution in [0.2, 0.25) is 0 Å². The zero-order valence-corrected chi connectivity index (χ0v) is 5.17. The molecule has 0 aromatic rings. The first-order valence-corrected chi connectivity index (χ1v) is 2.49. The largest absolute Gasteiger partial charge is 0.500 e. The lowest BCUT2D eigenvalue weighted by molar-refractivity contribution is -0.125. The second kappa shape index (κ2) is 2.02. The van der Waals surface area contributed by atoms with Gasteiger partial charge in [-0.25, -0.2) is 0 Å². The first-order chi connectivity index (χ1) is 4.66. The minimum atomic E-state index is -0.818. The topological polar surface area (TPSA) is 75.6 Å². The molecule has 0 aromatic carbocycles. The number of nitrogens with one attached hydrogen (secondary N) is 1. The summed E-state index contributed by atoms with van der Waals surface area (Å²) in [6.07, 6.45) is 0. The highest BCUT2D eigenvalue weighted by atomic mass is 16.5. The molecule has 5 nitrogen and oxygen atoms in total. The number of carbonyl (C=O) groups excluding carboxylic acids is 2. The van der Waals surface area contributed by atoms with E-state index in [0.29, 0.717) is 0 Å². The third-order valence-electron chi connectivity index (χ3n) is 1.07. The monoisotopic (exact) mass is 143 g/mol. The summed E-state index contributed by atoms with van der Waals surface area (Å²) in [5.74, 6) is -2.51. The first-order valence-electron chi connectivity index (χ1n) is 2.49. The van der Waals surface area contributed by atoms with Crippen LogP contribution in [0.25, 0.3) is 0 Å². The normalized spacial score (nSPS) is 17.7. The van der Waals surface area contributed by atoms with E-state index >= 15 is 0 Å². The smallest absolute Gasteiger partial charge is 0.297 e. The Labute approximate surface area is 56.3 Å². The molecule has 0 aromatic heterocycles. The zero-order chi connectivity index (χ0) is 7.72. The van der Waals surface area contributed by atoms with Gasteiger partial charge in [0.05, 0.1) is 7.11 Å². The summed E-state index contributed by atoms with van der Waals surface area (Å²) in [5.41, 5.74) is 0. The molecule has 2 amide bonds. The van der Waals surface area contributed by atoms with Gasteiger partial charge in [0.2, 0.25) is 11.5 Å². The molecule has 54 valence electrons. The number of rotatable bonds is 1. The van der Waals surface area contributed by atoms with E-state index in [1.807, 2.05) is 5.32 Å². The van der Waals surface area contributed by atoms with Crippen molar-refractivity contribution in [2.45, 2.75) is 0 Å². The summed E-state index contributed by atoms with van der Waals surface area (Å²) < 4.78 is 4.40. The van der Waals surface area contributed by atoms with Gasteiger partial charge in [-0.3, -0.25) is 14.9 Å². The van der Waals surface area contributed by atoms with Crippen molar-refractivity contribution in [1.29, 1.82) is 0 Å². The highest BCUT2D eigenvalue weighted by Crippen LogP contribution is 2.08. The Kier molecular flexibility index (Phi) is 1.33. The second-order valence-electron chi connectivity index (χ2n) is 1.67. The number of imide groups is 1. The molecule has 0 unspecified atom stereocenters. The minimum Gasteiger partial charge on any atom is -0.500 e. The number of hydrogen-bond acceptors (Lipinski definition) is 4. The van der Waals surface area contributed by atoms with E-state index in [1.54, 1.807) is 0 Å². The Morgan fingerprint density at radius 1 is 1.40 bits per heavy atom. The average Bonchev–Trinajstić information content (AvgIpc) is 2.09. The summed E-state index contributed by atoms with van der Waals surface area (Å²) in [6.45, 7) is 0. The highest BCUT2D eigenvalue weighted by Gasteiger charge is 2.30. The summed E-state index contributed by atoms with van der Waals surface area (Å²) in [4.78, 5) is 21.0. The van der Waals surface area contributed by atoms with Crippen LogP contribution in [0.15, 0.2) is 11.5 Å². The Morgan fingerprint density at radius 3 is 2.20 bits per heavy atom. The minimum absolute atomic E-state index is 0.329. The third kappa shape index (κ3) is 0.717. The maximum absolute atomic E-state index is 10.6. The second-order valence-corrected chi connectivity index (χ2v) is 1.67. The Bertz CT molecular complexity index is 230. The molecule has 1 heterocycles. The number of hydrogen-bond donors (Lipinski definition) is 2. The number of amides is 2. The SMILES string of the molecule is COC1=C(O)C(=O)NC1=O. The Morgan fingerprint density at radius 2 is 2.00 bits per heavy atom. The maximum Gasteiger partial charge on any atom is 0.297 e.